The zero-order valence-corrected chi connectivity index (χ0v) is 11.4. The third-order valence-electron chi connectivity index (χ3n) is 2.07. The van der Waals surface area contributed by atoms with Crippen LogP contribution in [-0.4, -0.2) is 34.7 Å². The van der Waals surface area contributed by atoms with Gasteiger partial charge in [0.05, 0.1) is 0 Å². The summed E-state index contributed by atoms with van der Waals surface area (Å²) in [7, 11) is 0. The van der Waals surface area contributed by atoms with Crippen molar-refractivity contribution in [3.05, 3.63) is 24.8 Å². The van der Waals surface area contributed by atoms with Gasteiger partial charge < -0.3 is 9.84 Å². The van der Waals surface area contributed by atoms with Crippen LogP contribution in [0.4, 0.5) is 0 Å². The Bertz CT molecular complexity index is 299. The molecule has 0 aromatic carbocycles. The number of thioether (sulfide) groups is 1. The van der Waals surface area contributed by atoms with E-state index in [1.165, 1.54) is 12.2 Å². The Morgan fingerprint density at radius 1 is 1.44 bits per heavy atom. The van der Waals surface area contributed by atoms with E-state index in [1.54, 1.807) is 11.8 Å². The van der Waals surface area contributed by atoms with Crippen molar-refractivity contribution in [2.24, 2.45) is 0 Å². The number of unbranched alkanes of at least 4 members (excludes halogenated alkanes) is 1. The smallest absolute Gasteiger partial charge is 0.345 e. The largest absolute Gasteiger partial charge is 0.479 e. The Hall–Kier alpha value is -1.23. The fraction of sp³-hybridized carbons (Fsp3) is 0.538. The molecule has 0 spiro atoms. The number of hydrogen-bond donors (Lipinski definition) is 1. The highest BCUT2D eigenvalue weighted by Crippen LogP contribution is 2.10. The maximum Gasteiger partial charge on any atom is 0.345 e. The molecule has 0 heterocycles. The quantitative estimate of drug-likeness (QED) is 0.287. The molecule has 0 aliphatic carbocycles. The maximum atomic E-state index is 11.2. The highest BCUT2D eigenvalue weighted by molar-refractivity contribution is 7.99. The number of rotatable bonds is 10. The first-order chi connectivity index (χ1) is 8.61. The normalized spacial score (nSPS) is 12.3. The van der Waals surface area contributed by atoms with Gasteiger partial charge in [0.2, 0.25) is 0 Å². The number of carbonyl (C=O) groups is 2. The number of carbonyl (C=O) groups excluding carboxylic acids is 1. The van der Waals surface area contributed by atoms with E-state index < -0.39 is 18.0 Å². The molecule has 0 rings (SSSR count). The van der Waals surface area contributed by atoms with Crippen molar-refractivity contribution in [3.8, 4) is 0 Å². The number of carboxylic acid groups (broad SMARTS) is 1. The van der Waals surface area contributed by atoms with Crippen LogP contribution in [0.3, 0.4) is 0 Å². The van der Waals surface area contributed by atoms with E-state index in [9.17, 15) is 9.59 Å². The highest BCUT2D eigenvalue weighted by Gasteiger charge is 2.20. The SMILES string of the molecule is C=C/C=C/C(=O)OC(CCSCCCC)C(=O)O. The lowest BCUT2D eigenvalue weighted by atomic mass is 10.3. The van der Waals surface area contributed by atoms with Gasteiger partial charge in [-0.3, -0.25) is 0 Å². The fourth-order valence-corrected chi connectivity index (χ4v) is 2.18. The molecular weight excluding hydrogens is 252 g/mol. The van der Waals surface area contributed by atoms with Gasteiger partial charge in [0.25, 0.3) is 0 Å². The van der Waals surface area contributed by atoms with Gasteiger partial charge in [-0.15, -0.1) is 0 Å². The van der Waals surface area contributed by atoms with E-state index in [4.69, 9.17) is 9.84 Å². The zero-order chi connectivity index (χ0) is 13.8. The zero-order valence-electron chi connectivity index (χ0n) is 10.6. The second-order valence-corrected chi connectivity index (χ2v) is 4.84. The summed E-state index contributed by atoms with van der Waals surface area (Å²) >= 11 is 1.68. The predicted molar refractivity (Wildman–Crippen MR) is 73.7 cm³/mol. The second kappa shape index (κ2) is 10.9. The molecule has 0 fully saturated rings. The molecule has 102 valence electrons. The van der Waals surface area contributed by atoms with E-state index in [-0.39, 0.29) is 0 Å². The molecular formula is C13H20O4S. The van der Waals surface area contributed by atoms with Crippen LogP contribution in [0.1, 0.15) is 26.2 Å². The molecule has 18 heavy (non-hydrogen) atoms. The van der Waals surface area contributed by atoms with Gasteiger partial charge in [-0.2, -0.15) is 11.8 Å². The molecule has 4 nitrogen and oxygen atoms in total. The number of carboxylic acids is 1. The molecule has 1 N–H and O–H groups in total. The van der Waals surface area contributed by atoms with Gasteiger partial charge in [0.1, 0.15) is 0 Å². The van der Waals surface area contributed by atoms with Crippen LogP contribution >= 0.6 is 11.8 Å². The number of aliphatic carboxylic acids is 1. The number of ether oxygens (including phenoxy) is 1. The molecule has 0 saturated heterocycles. The van der Waals surface area contributed by atoms with E-state index in [2.05, 4.69) is 13.5 Å². The van der Waals surface area contributed by atoms with Crippen molar-refractivity contribution < 1.29 is 19.4 Å². The molecule has 0 aromatic rings. The number of allylic oxidation sites excluding steroid dienone is 2. The Labute approximate surface area is 112 Å². The number of esters is 1. The van der Waals surface area contributed by atoms with Crippen LogP contribution in [0.5, 0.6) is 0 Å². The molecule has 5 heteroatoms. The first kappa shape index (κ1) is 16.8. The molecule has 1 unspecified atom stereocenters. The van der Waals surface area contributed by atoms with Crippen molar-refractivity contribution >= 4 is 23.7 Å². The minimum Gasteiger partial charge on any atom is -0.479 e. The molecule has 0 bridgehead atoms. The molecule has 0 aromatic heterocycles. The minimum absolute atomic E-state index is 0.331. The highest BCUT2D eigenvalue weighted by atomic mass is 32.2. The van der Waals surface area contributed by atoms with Crippen LogP contribution in [0.15, 0.2) is 24.8 Å². The summed E-state index contributed by atoms with van der Waals surface area (Å²) in [5.41, 5.74) is 0. The van der Waals surface area contributed by atoms with Gasteiger partial charge in [0, 0.05) is 12.5 Å². The second-order valence-electron chi connectivity index (χ2n) is 3.61. The van der Waals surface area contributed by atoms with Crippen LogP contribution < -0.4 is 0 Å². The molecule has 0 radical (unpaired) electrons. The van der Waals surface area contributed by atoms with Crippen LogP contribution in [0.25, 0.3) is 0 Å². The van der Waals surface area contributed by atoms with Crippen molar-refractivity contribution in [1.82, 2.24) is 0 Å². The summed E-state index contributed by atoms with van der Waals surface area (Å²) in [6.07, 6.45) is 5.50. The lowest BCUT2D eigenvalue weighted by Crippen LogP contribution is -2.27. The Morgan fingerprint density at radius 2 is 2.17 bits per heavy atom. The van der Waals surface area contributed by atoms with Crippen molar-refractivity contribution in [1.29, 1.82) is 0 Å². The lowest BCUT2D eigenvalue weighted by molar-refractivity contribution is -0.160. The van der Waals surface area contributed by atoms with Crippen LogP contribution in [-0.2, 0) is 14.3 Å². The van der Waals surface area contributed by atoms with Gasteiger partial charge >= 0.3 is 11.9 Å². The third kappa shape index (κ3) is 8.87. The van der Waals surface area contributed by atoms with Crippen LogP contribution in [0, 0.1) is 0 Å². The first-order valence-electron chi connectivity index (χ1n) is 5.92. The first-order valence-corrected chi connectivity index (χ1v) is 7.07. The summed E-state index contributed by atoms with van der Waals surface area (Å²) < 4.78 is 4.83. The Kier molecular flexibility index (Phi) is 10.2. The summed E-state index contributed by atoms with van der Waals surface area (Å²) in [5.74, 6) is -0.0740. The van der Waals surface area contributed by atoms with E-state index in [1.807, 2.05) is 0 Å². The van der Waals surface area contributed by atoms with E-state index >= 15 is 0 Å². The average molecular weight is 272 g/mol. The third-order valence-corrected chi connectivity index (χ3v) is 3.17. The summed E-state index contributed by atoms with van der Waals surface area (Å²) in [4.78, 5) is 22.1. The predicted octanol–water partition coefficient (Wildman–Crippen LogP) is 2.65. The standard InChI is InChI=1S/C13H20O4S/c1-3-5-7-12(14)17-11(13(15)16)8-10-18-9-6-4-2/h3,5,7,11H,1,4,6,8-10H2,2H3,(H,15,16)/b7-5+. The van der Waals surface area contributed by atoms with Crippen molar-refractivity contribution in [2.45, 2.75) is 32.3 Å². The topological polar surface area (TPSA) is 63.6 Å². The number of hydrogen-bond acceptors (Lipinski definition) is 4. The summed E-state index contributed by atoms with van der Waals surface area (Å²) in [6, 6.07) is 0. The van der Waals surface area contributed by atoms with E-state index in [0.717, 1.165) is 24.7 Å². The molecule has 0 amide bonds. The minimum atomic E-state index is -1.11. The van der Waals surface area contributed by atoms with Gasteiger partial charge in [-0.05, 0) is 17.9 Å². The van der Waals surface area contributed by atoms with Crippen molar-refractivity contribution in [2.75, 3.05) is 11.5 Å². The summed E-state index contributed by atoms with van der Waals surface area (Å²) in [6.45, 7) is 5.52. The molecule has 0 aliphatic heterocycles. The van der Waals surface area contributed by atoms with Crippen molar-refractivity contribution in [3.63, 3.8) is 0 Å². The molecule has 0 saturated carbocycles. The van der Waals surface area contributed by atoms with Gasteiger partial charge in [-0.1, -0.05) is 32.1 Å². The average Bonchev–Trinajstić information content (AvgIpc) is 2.34. The monoisotopic (exact) mass is 272 g/mol. The van der Waals surface area contributed by atoms with Crippen LogP contribution in [0.2, 0.25) is 0 Å². The fourth-order valence-electron chi connectivity index (χ4n) is 1.10. The Morgan fingerprint density at radius 3 is 2.72 bits per heavy atom. The Balaban J connectivity index is 3.99. The lowest BCUT2D eigenvalue weighted by Gasteiger charge is -2.12. The summed E-state index contributed by atoms with van der Waals surface area (Å²) in [5, 5.41) is 8.92. The van der Waals surface area contributed by atoms with Gasteiger partial charge in [-0.25, -0.2) is 9.59 Å². The molecule has 1 atom stereocenters. The molecule has 0 aliphatic rings. The van der Waals surface area contributed by atoms with Gasteiger partial charge in [0.15, 0.2) is 6.10 Å². The maximum absolute atomic E-state index is 11.2. The van der Waals surface area contributed by atoms with E-state index in [0.29, 0.717) is 12.2 Å².